The van der Waals surface area contributed by atoms with E-state index in [1.807, 2.05) is 12.1 Å². The molecule has 2 rings (SSSR count). The normalized spacial score (nSPS) is 27.0. The minimum Gasteiger partial charge on any atom is -0.386 e. The molecule has 3 unspecified atom stereocenters. The fourth-order valence-electron chi connectivity index (χ4n) is 2.49. The first kappa shape index (κ1) is 11.6. The maximum atomic E-state index is 10.3. The number of ether oxygens (including phenoxy) is 1. The van der Waals surface area contributed by atoms with Crippen LogP contribution in [0.3, 0.4) is 0 Å². The van der Waals surface area contributed by atoms with E-state index >= 15 is 0 Å². The van der Waals surface area contributed by atoms with E-state index in [4.69, 9.17) is 4.74 Å². The third-order valence-corrected chi connectivity index (χ3v) is 3.34. The number of aliphatic hydroxyl groups is 1. The van der Waals surface area contributed by atoms with Crippen LogP contribution in [0.5, 0.6) is 0 Å². The van der Waals surface area contributed by atoms with Crippen LogP contribution < -0.4 is 0 Å². The molecule has 2 heteroatoms. The van der Waals surface area contributed by atoms with Gasteiger partial charge in [0.25, 0.3) is 0 Å². The van der Waals surface area contributed by atoms with Crippen LogP contribution in [0, 0.1) is 19.8 Å². The fourth-order valence-corrected chi connectivity index (χ4v) is 2.49. The van der Waals surface area contributed by atoms with E-state index in [0.717, 1.165) is 18.6 Å². The SMILES string of the molecule is Cc1cc(C)cc(C(O)C2OCCC2C)c1. The van der Waals surface area contributed by atoms with Gasteiger partial charge >= 0.3 is 0 Å². The Hall–Kier alpha value is -0.860. The minimum absolute atomic E-state index is 0.0406. The molecule has 0 saturated carbocycles. The number of benzene rings is 1. The van der Waals surface area contributed by atoms with E-state index in [1.165, 1.54) is 11.1 Å². The molecular formula is C14H20O2. The Balaban J connectivity index is 2.22. The third kappa shape index (κ3) is 2.28. The van der Waals surface area contributed by atoms with Gasteiger partial charge in [0.05, 0.1) is 6.10 Å². The second-order valence-electron chi connectivity index (χ2n) is 4.97. The van der Waals surface area contributed by atoms with Gasteiger partial charge in [0.2, 0.25) is 0 Å². The van der Waals surface area contributed by atoms with E-state index in [1.54, 1.807) is 0 Å². The summed E-state index contributed by atoms with van der Waals surface area (Å²) in [6.07, 6.45) is 0.518. The highest BCUT2D eigenvalue weighted by atomic mass is 16.5. The van der Waals surface area contributed by atoms with Crippen LogP contribution in [-0.2, 0) is 4.74 Å². The first-order chi connectivity index (χ1) is 7.58. The lowest BCUT2D eigenvalue weighted by Crippen LogP contribution is -2.23. The molecule has 0 radical (unpaired) electrons. The van der Waals surface area contributed by atoms with E-state index < -0.39 is 6.10 Å². The fraction of sp³-hybridized carbons (Fsp3) is 0.571. The topological polar surface area (TPSA) is 29.5 Å². The summed E-state index contributed by atoms with van der Waals surface area (Å²) in [5.41, 5.74) is 3.37. The van der Waals surface area contributed by atoms with Crippen LogP contribution in [0.2, 0.25) is 0 Å². The van der Waals surface area contributed by atoms with Crippen LogP contribution in [0.15, 0.2) is 18.2 Å². The van der Waals surface area contributed by atoms with Crippen molar-refractivity contribution in [2.24, 2.45) is 5.92 Å². The number of hydrogen-bond donors (Lipinski definition) is 1. The Morgan fingerprint density at radius 3 is 2.38 bits per heavy atom. The van der Waals surface area contributed by atoms with Crippen LogP contribution in [-0.4, -0.2) is 17.8 Å². The van der Waals surface area contributed by atoms with Crippen molar-refractivity contribution in [2.45, 2.75) is 39.4 Å². The molecule has 0 aromatic heterocycles. The van der Waals surface area contributed by atoms with Gasteiger partial charge in [-0.05, 0) is 31.7 Å². The largest absolute Gasteiger partial charge is 0.386 e. The molecule has 1 fully saturated rings. The molecule has 2 nitrogen and oxygen atoms in total. The molecule has 0 amide bonds. The highest BCUT2D eigenvalue weighted by Crippen LogP contribution is 2.31. The second kappa shape index (κ2) is 4.56. The monoisotopic (exact) mass is 220 g/mol. The van der Waals surface area contributed by atoms with Crippen molar-refractivity contribution in [1.82, 2.24) is 0 Å². The summed E-state index contributed by atoms with van der Waals surface area (Å²) in [7, 11) is 0. The standard InChI is InChI=1S/C14H20O2/c1-9-6-10(2)8-12(7-9)13(15)14-11(3)4-5-16-14/h6-8,11,13-15H,4-5H2,1-3H3. The second-order valence-corrected chi connectivity index (χ2v) is 4.97. The predicted molar refractivity (Wildman–Crippen MR) is 64.4 cm³/mol. The Labute approximate surface area is 97.3 Å². The van der Waals surface area contributed by atoms with Gasteiger partial charge in [0.1, 0.15) is 6.10 Å². The number of aryl methyl sites for hydroxylation is 2. The van der Waals surface area contributed by atoms with Crippen molar-refractivity contribution >= 4 is 0 Å². The predicted octanol–water partition coefficient (Wildman–Crippen LogP) is 2.76. The molecule has 1 saturated heterocycles. The molecule has 1 heterocycles. The highest BCUT2D eigenvalue weighted by molar-refractivity contribution is 5.30. The summed E-state index contributed by atoms with van der Waals surface area (Å²) < 4.78 is 5.61. The van der Waals surface area contributed by atoms with Gasteiger partial charge in [-0.2, -0.15) is 0 Å². The summed E-state index contributed by atoms with van der Waals surface area (Å²) in [5.74, 6) is 0.441. The minimum atomic E-state index is -0.490. The van der Waals surface area contributed by atoms with Gasteiger partial charge in [-0.15, -0.1) is 0 Å². The van der Waals surface area contributed by atoms with Crippen LogP contribution >= 0.6 is 0 Å². The third-order valence-electron chi connectivity index (χ3n) is 3.34. The smallest absolute Gasteiger partial charge is 0.105 e. The molecule has 16 heavy (non-hydrogen) atoms. The van der Waals surface area contributed by atoms with Crippen molar-refractivity contribution < 1.29 is 9.84 Å². The molecule has 1 aliphatic rings. The van der Waals surface area contributed by atoms with Crippen LogP contribution in [0.1, 0.15) is 36.1 Å². The summed E-state index contributed by atoms with van der Waals surface area (Å²) in [4.78, 5) is 0. The molecule has 3 atom stereocenters. The van der Waals surface area contributed by atoms with Crippen molar-refractivity contribution in [1.29, 1.82) is 0 Å². The molecule has 0 bridgehead atoms. The van der Waals surface area contributed by atoms with Gasteiger partial charge in [-0.1, -0.05) is 36.2 Å². The van der Waals surface area contributed by atoms with Crippen molar-refractivity contribution in [2.75, 3.05) is 6.61 Å². The zero-order valence-electron chi connectivity index (χ0n) is 10.2. The Kier molecular flexibility index (Phi) is 3.31. The Morgan fingerprint density at radius 1 is 1.25 bits per heavy atom. The summed E-state index contributed by atoms with van der Waals surface area (Å²) >= 11 is 0. The van der Waals surface area contributed by atoms with Gasteiger partial charge in [-0.25, -0.2) is 0 Å². The average Bonchev–Trinajstić information content (AvgIpc) is 2.62. The Bertz CT molecular complexity index is 353. The molecule has 1 N–H and O–H groups in total. The van der Waals surface area contributed by atoms with E-state index in [2.05, 4.69) is 26.8 Å². The van der Waals surface area contributed by atoms with Gasteiger partial charge in [-0.3, -0.25) is 0 Å². The molecule has 0 aliphatic carbocycles. The van der Waals surface area contributed by atoms with Crippen molar-refractivity contribution in [3.63, 3.8) is 0 Å². The van der Waals surface area contributed by atoms with Crippen molar-refractivity contribution in [3.05, 3.63) is 34.9 Å². The highest BCUT2D eigenvalue weighted by Gasteiger charge is 2.31. The number of hydrogen-bond acceptors (Lipinski definition) is 2. The van der Waals surface area contributed by atoms with Gasteiger partial charge in [0.15, 0.2) is 0 Å². The molecule has 1 aromatic carbocycles. The lowest BCUT2D eigenvalue weighted by molar-refractivity contribution is -0.0178. The first-order valence-corrected chi connectivity index (χ1v) is 5.96. The number of rotatable bonds is 2. The summed E-state index contributed by atoms with van der Waals surface area (Å²) in [6.45, 7) is 7.03. The Morgan fingerprint density at radius 2 is 1.88 bits per heavy atom. The quantitative estimate of drug-likeness (QED) is 0.830. The summed E-state index contributed by atoms with van der Waals surface area (Å²) in [6, 6.07) is 6.22. The lowest BCUT2D eigenvalue weighted by Gasteiger charge is -2.22. The zero-order chi connectivity index (χ0) is 11.7. The molecule has 1 aromatic rings. The molecular weight excluding hydrogens is 200 g/mol. The number of aliphatic hydroxyl groups excluding tert-OH is 1. The first-order valence-electron chi connectivity index (χ1n) is 5.96. The molecule has 1 aliphatic heterocycles. The van der Waals surface area contributed by atoms with Gasteiger partial charge in [0, 0.05) is 6.61 Å². The van der Waals surface area contributed by atoms with E-state index in [9.17, 15) is 5.11 Å². The van der Waals surface area contributed by atoms with E-state index in [0.29, 0.717) is 5.92 Å². The van der Waals surface area contributed by atoms with Crippen molar-refractivity contribution in [3.8, 4) is 0 Å². The maximum absolute atomic E-state index is 10.3. The van der Waals surface area contributed by atoms with Crippen LogP contribution in [0.25, 0.3) is 0 Å². The average molecular weight is 220 g/mol. The molecule has 88 valence electrons. The maximum Gasteiger partial charge on any atom is 0.105 e. The summed E-state index contributed by atoms with van der Waals surface area (Å²) in [5, 5.41) is 10.3. The molecule has 0 spiro atoms. The zero-order valence-corrected chi connectivity index (χ0v) is 10.2. The van der Waals surface area contributed by atoms with Crippen LogP contribution in [0.4, 0.5) is 0 Å². The van der Waals surface area contributed by atoms with Gasteiger partial charge < -0.3 is 9.84 Å². The lowest BCUT2D eigenvalue weighted by atomic mass is 9.93. The van der Waals surface area contributed by atoms with E-state index in [-0.39, 0.29) is 6.10 Å².